The van der Waals surface area contributed by atoms with Crippen molar-refractivity contribution in [1.29, 1.82) is 0 Å². The monoisotopic (exact) mass is 253 g/mol. The quantitative estimate of drug-likeness (QED) is 0.778. The summed E-state index contributed by atoms with van der Waals surface area (Å²) in [6.07, 6.45) is 10.2. The molecule has 18 heavy (non-hydrogen) atoms. The van der Waals surface area contributed by atoms with Gasteiger partial charge in [-0.1, -0.05) is 12.8 Å². The Morgan fingerprint density at radius 1 is 1.06 bits per heavy atom. The maximum absolute atomic E-state index is 5.69. The molecule has 0 bridgehead atoms. The van der Waals surface area contributed by atoms with Crippen LogP contribution in [0.4, 0.5) is 0 Å². The van der Waals surface area contributed by atoms with Crippen molar-refractivity contribution < 1.29 is 4.74 Å². The minimum atomic E-state index is 0.276. The van der Waals surface area contributed by atoms with Gasteiger partial charge in [0.05, 0.1) is 6.10 Å². The van der Waals surface area contributed by atoms with Gasteiger partial charge in [0, 0.05) is 12.1 Å². The number of hydrogen-bond acceptors (Lipinski definition) is 2. The molecule has 1 heterocycles. The third-order valence-corrected chi connectivity index (χ3v) is 4.59. The van der Waals surface area contributed by atoms with Gasteiger partial charge in [-0.15, -0.1) is 0 Å². The van der Waals surface area contributed by atoms with E-state index in [4.69, 9.17) is 4.74 Å². The van der Waals surface area contributed by atoms with Gasteiger partial charge in [-0.2, -0.15) is 0 Å². The Morgan fingerprint density at radius 3 is 2.39 bits per heavy atom. The third kappa shape index (κ3) is 4.55. The van der Waals surface area contributed by atoms with Crippen molar-refractivity contribution in [3.05, 3.63) is 0 Å². The molecule has 1 aliphatic heterocycles. The Kier molecular flexibility index (Phi) is 5.08. The molecule has 106 valence electrons. The van der Waals surface area contributed by atoms with Crippen LogP contribution >= 0.6 is 0 Å². The van der Waals surface area contributed by atoms with Crippen molar-refractivity contribution in [2.75, 3.05) is 13.2 Å². The summed E-state index contributed by atoms with van der Waals surface area (Å²) in [6.45, 7) is 9.01. The summed E-state index contributed by atoms with van der Waals surface area (Å²) in [5.41, 5.74) is 0.276. The van der Waals surface area contributed by atoms with E-state index in [0.29, 0.717) is 6.10 Å². The third-order valence-electron chi connectivity index (χ3n) is 4.59. The summed E-state index contributed by atoms with van der Waals surface area (Å²) in [6, 6.07) is 0. The molecule has 0 aromatic rings. The Labute approximate surface area is 113 Å². The van der Waals surface area contributed by atoms with Gasteiger partial charge >= 0.3 is 0 Å². The largest absolute Gasteiger partial charge is 0.378 e. The van der Waals surface area contributed by atoms with Crippen molar-refractivity contribution in [2.45, 2.75) is 77.4 Å². The van der Waals surface area contributed by atoms with Crippen LogP contribution in [0, 0.1) is 11.8 Å². The first-order valence-electron chi connectivity index (χ1n) is 7.91. The highest BCUT2D eigenvalue weighted by Crippen LogP contribution is 2.38. The van der Waals surface area contributed by atoms with Gasteiger partial charge in [0.1, 0.15) is 0 Å². The van der Waals surface area contributed by atoms with Gasteiger partial charge in [0.2, 0.25) is 0 Å². The molecule has 2 fully saturated rings. The van der Waals surface area contributed by atoms with Crippen molar-refractivity contribution in [3.63, 3.8) is 0 Å². The molecule has 0 radical (unpaired) electrons. The lowest BCUT2D eigenvalue weighted by Gasteiger charge is -2.39. The predicted octanol–water partition coefficient (Wildman–Crippen LogP) is 3.75. The molecule has 1 N–H and O–H groups in total. The molecule has 2 nitrogen and oxygen atoms in total. The fourth-order valence-corrected chi connectivity index (χ4v) is 3.20. The SMILES string of the molecule is CC(C)(C)NCC1CCC1CCCC1CCCO1. The zero-order valence-electron chi connectivity index (χ0n) is 12.5. The van der Waals surface area contributed by atoms with Crippen molar-refractivity contribution in [3.8, 4) is 0 Å². The minimum Gasteiger partial charge on any atom is -0.378 e. The van der Waals surface area contributed by atoms with E-state index in [0.717, 1.165) is 18.4 Å². The summed E-state index contributed by atoms with van der Waals surface area (Å²) in [5.74, 6) is 1.93. The maximum Gasteiger partial charge on any atom is 0.0576 e. The van der Waals surface area contributed by atoms with E-state index in [9.17, 15) is 0 Å². The predicted molar refractivity (Wildman–Crippen MR) is 76.8 cm³/mol. The Hall–Kier alpha value is -0.0800. The molecule has 1 aliphatic carbocycles. The van der Waals surface area contributed by atoms with Gasteiger partial charge in [-0.3, -0.25) is 0 Å². The summed E-state index contributed by atoms with van der Waals surface area (Å²) in [4.78, 5) is 0. The van der Waals surface area contributed by atoms with Crippen LogP contribution < -0.4 is 5.32 Å². The summed E-state index contributed by atoms with van der Waals surface area (Å²) >= 11 is 0. The summed E-state index contributed by atoms with van der Waals surface area (Å²) < 4.78 is 5.69. The standard InChI is InChI=1S/C16H31NO/c1-16(2,3)17-12-14-10-9-13(14)6-4-7-15-8-5-11-18-15/h13-15,17H,4-12H2,1-3H3. The molecule has 0 aromatic carbocycles. The van der Waals surface area contributed by atoms with Crippen LogP contribution in [0.3, 0.4) is 0 Å². The maximum atomic E-state index is 5.69. The first kappa shape index (κ1) is 14.3. The fraction of sp³-hybridized carbons (Fsp3) is 1.00. The van der Waals surface area contributed by atoms with Crippen LogP contribution in [-0.4, -0.2) is 24.8 Å². The number of ether oxygens (including phenoxy) is 1. The van der Waals surface area contributed by atoms with Crippen LogP contribution in [0.2, 0.25) is 0 Å². The van der Waals surface area contributed by atoms with E-state index < -0.39 is 0 Å². The zero-order valence-corrected chi connectivity index (χ0v) is 12.5. The number of hydrogen-bond donors (Lipinski definition) is 1. The molecule has 1 saturated carbocycles. The van der Waals surface area contributed by atoms with E-state index in [2.05, 4.69) is 26.1 Å². The lowest BCUT2D eigenvalue weighted by atomic mass is 9.71. The first-order valence-corrected chi connectivity index (χ1v) is 7.91. The molecule has 0 aromatic heterocycles. The number of nitrogens with one attached hydrogen (secondary N) is 1. The molecule has 3 atom stereocenters. The van der Waals surface area contributed by atoms with E-state index >= 15 is 0 Å². The van der Waals surface area contributed by atoms with Crippen LogP contribution in [0.15, 0.2) is 0 Å². The lowest BCUT2D eigenvalue weighted by molar-refractivity contribution is 0.0926. The van der Waals surface area contributed by atoms with Crippen LogP contribution in [-0.2, 0) is 4.74 Å². The van der Waals surface area contributed by atoms with Crippen molar-refractivity contribution >= 4 is 0 Å². The number of rotatable bonds is 6. The summed E-state index contributed by atoms with van der Waals surface area (Å²) in [5, 5.41) is 3.66. The van der Waals surface area contributed by atoms with E-state index in [1.165, 1.54) is 51.5 Å². The summed E-state index contributed by atoms with van der Waals surface area (Å²) in [7, 11) is 0. The van der Waals surface area contributed by atoms with Crippen LogP contribution in [0.1, 0.15) is 65.7 Å². The second-order valence-electron chi connectivity index (χ2n) is 7.29. The van der Waals surface area contributed by atoms with Gasteiger partial charge < -0.3 is 10.1 Å². The van der Waals surface area contributed by atoms with Crippen LogP contribution in [0.5, 0.6) is 0 Å². The first-order chi connectivity index (χ1) is 8.54. The molecule has 2 heteroatoms. The molecule has 2 rings (SSSR count). The van der Waals surface area contributed by atoms with Crippen molar-refractivity contribution in [2.24, 2.45) is 11.8 Å². The topological polar surface area (TPSA) is 21.3 Å². The average Bonchev–Trinajstić information content (AvgIpc) is 2.74. The molecule has 3 unspecified atom stereocenters. The van der Waals surface area contributed by atoms with Gasteiger partial charge in [-0.05, 0) is 71.3 Å². The highest BCUT2D eigenvalue weighted by molar-refractivity contribution is 4.84. The van der Waals surface area contributed by atoms with E-state index in [1.807, 2.05) is 0 Å². The van der Waals surface area contributed by atoms with Crippen molar-refractivity contribution in [1.82, 2.24) is 5.32 Å². The Balaban J connectivity index is 1.55. The van der Waals surface area contributed by atoms with Crippen LogP contribution in [0.25, 0.3) is 0 Å². The second-order valence-corrected chi connectivity index (χ2v) is 7.29. The molecule has 2 aliphatic rings. The molecule has 0 amide bonds. The highest BCUT2D eigenvalue weighted by atomic mass is 16.5. The zero-order chi connectivity index (χ0) is 13.0. The lowest BCUT2D eigenvalue weighted by Crippen LogP contribution is -2.43. The van der Waals surface area contributed by atoms with Gasteiger partial charge in [0.15, 0.2) is 0 Å². The molecule has 0 spiro atoms. The average molecular weight is 253 g/mol. The molecule has 1 saturated heterocycles. The second kappa shape index (κ2) is 6.38. The minimum absolute atomic E-state index is 0.276. The normalized spacial score (nSPS) is 32.5. The fourth-order valence-electron chi connectivity index (χ4n) is 3.20. The van der Waals surface area contributed by atoms with E-state index in [-0.39, 0.29) is 5.54 Å². The smallest absolute Gasteiger partial charge is 0.0576 e. The molecular formula is C16H31NO. The highest BCUT2D eigenvalue weighted by Gasteiger charge is 2.31. The Bertz CT molecular complexity index is 240. The Morgan fingerprint density at radius 2 is 1.83 bits per heavy atom. The van der Waals surface area contributed by atoms with Gasteiger partial charge in [-0.25, -0.2) is 0 Å². The van der Waals surface area contributed by atoms with E-state index in [1.54, 1.807) is 0 Å². The van der Waals surface area contributed by atoms with Gasteiger partial charge in [0.25, 0.3) is 0 Å². The molecular weight excluding hydrogens is 222 g/mol.